The molecule has 0 spiro atoms. The average Bonchev–Trinajstić information content (AvgIpc) is 2.34. The van der Waals surface area contributed by atoms with Crippen LogP contribution in [0.5, 0.6) is 0 Å². The Balaban J connectivity index is 2.13. The third-order valence-corrected chi connectivity index (χ3v) is 3.58. The van der Waals surface area contributed by atoms with Gasteiger partial charge in [-0.3, -0.25) is 9.59 Å². The van der Waals surface area contributed by atoms with Crippen LogP contribution in [0.25, 0.3) is 0 Å². The summed E-state index contributed by atoms with van der Waals surface area (Å²) >= 11 is 0. The highest BCUT2D eigenvalue weighted by Gasteiger charge is 2.20. The molecule has 1 heterocycles. The lowest BCUT2D eigenvalue weighted by molar-refractivity contribution is -0.137. The van der Waals surface area contributed by atoms with Gasteiger partial charge in [-0.05, 0) is 52.1 Å². The Kier molecular flexibility index (Phi) is 6.84. The monoisotopic (exact) mass is 270 g/mol. The number of carbonyl (C=O) groups is 2. The smallest absolute Gasteiger partial charge is 0.303 e. The molecule has 1 saturated heterocycles. The maximum Gasteiger partial charge on any atom is 0.303 e. The Morgan fingerprint density at radius 1 is 1.26 bits per heavy atom. The van der Waals surface area contributed by atoms with Crippen LogP contribution < -0.4 is 5.32 Å². The molecule has 19 heavy (non-hydrogen) atoms. The van der Waals surface area contributed by atoms with Gasteiger partial charge in [0.25, 0.3) is 0 Å². The van der Waals surface area contributed by atoms with E-state index in [1.54, 1.807) is 0 Å². The molecule has 0 saturated carbocycles. The number of hydrogen-bond donors (Lipinski definition) is 2. The van der Waals surface area contributed by atoms with Crippen molar-refractivity contribution in [2.45, 2.75) is 52.0 Å². The number of piperidine rings is 1. The number of carboxylic acids is 1. The Bertz CT molecular complexity index is 297. The SMILES string of the molecule is CC(C)NC(=O)CCN1CCC(CCC(=O)O)CC1. The van der Waals surface area contributed by atoms with E-state index in [0.717, 1.165) is 38.9 Å². The molecule has 0 bridgehead atoms. The number of nitrogens with one attached hydrogen (secondary N) is 1. The number of aliphatic carboxylic acids is 1. The second-order valence-electron chi connectivity index (χ2n) is 5.69. The van der Waals surface area contributed by atoms with Gasteiger partial charge < -0.3 is 15.3 Å². The van der Waals surface area contributed by atoms with Crippen molar-refractivity contribution < 1.29 is 14.7 Å². The van der Waals surface area contributed by atoms with Crippen LogP contribution in [-0.2, 0) is 9.59 Å². The predicted molar refractivity (Wildman–Crippen MR) is 73.9 cm³/mol. The molecular weight excluding hydrogens is 244 g/mol. The second kappa shape index (κ2) is 8.15. The van der Waals surface area contributed by atoms with Gasteiger partial charge >= 0.3 is 5.97 Å². The van der Waals surface area contributed by atoms with Crippen molar-refractivity contribution in [3.05, 3.63) is 0 Å². The quantitative estimate of drug-likeness (QED) is 0.735. The van der Waals surface area contributed by atoms with Crippen LogP contribution in [0.3, 0.4) is 0 Å². The number of carbonyl (C=O) groups excluding carboxylic acids is 1. The standard InChI is InChI=1S/C14H26N2O3/c1-11(2)15-13(17)7-10-16-8-5-12(6-9-16)3-4-14(18)19/h11-12H,3-10H2,1-2H3,(H,15,17)(H,18,19). The molecule has 0 atom stereocenters. The zero-order valence-corrected chi connectivity index (χ0v) is 12.0. The molecule has 1 amide bonds. The van der Waals surface area contributed by atoms with E-state index in [1.807, 2.05) is 13.8 Å². The van der Waals surface area contributed by atoms with Crippen LogP contribution in [0, 0.1) is 5.92 Å². The zero-order valence-electron chi connectivity index (χ0n) is 12.0. The number of carboxylic acid groups (broad SMARTS) is 1. The van der Waals surface area contributed by atoms with Crippen LogP contribution in [0.1, 0.15) is 46.0 Å². The molecule has 0 aromatic carbocycles. The van der Waals surface area contributed by atoms with Crippen LogP contribution in [0.4, 0.5) is 0 Å². The molecule has 5 nitrogen and oxygen atoms in total. The highest BCUT2D eigenvalue weighted by Crippen LogP contribution is 2.21. The van der Waals surface area contributed by atoms with E-state index in [2.05, 4.69) is 10.2 Å². The summed E-state index contributed by atoms with van der Waals surface area (Å²) in [4.78, 5) is 24.4. The van der Waals surface area contributed by atoms with Crippen LogP contribution in [-0.4, -0.2) is 47.6 Å². The molecular formula is C14H26N2O3. The fraction of sp³-hybridized carbons (Fsp3) is 0.857. The molecule has 2 N–H and O–H groups in total. The van der Waals surface area contributed by atoms with E-state index in [-0.39, 0.29) is 18.4 Å². The highest BCUT2D eigenvalue weighted by atomic mass is 16.4. The van der Waals surface area contributed by atoms with Crippen molar-refractivity contribution in [2.75, 3.05) is 19.6 Å². The summed E-state index contributed by atoms with van der Waals surface area (Å²) in [6.07, 6.45) is 3.73. The molecule has 1 rings (SSSR count). The van der Waals surface area contributed by atoms with Gasteiger partial charge in [-0.1, -0.05) is 0 Å². The normalized spacial score (nSPS) is 17.6. The lowest BCUT2D eigenvalue weighted by Crippen LogP contribution is -2.38. The number of nitrogens with zero attached hydrogens (tertiary/aromatic N) is 1. The summed E-state index contributed by atoms with van der Waals surface area (Å²) in [7, 11) is 0. The Labute approximate surface area is 115 Å². The van der Waals surface area contributed by atoms with Gasteiger partial charge in [-0.2, -0.15) is 0 Å². The molecule has 1 fully saturated rings. The molecule has 1 aliphatic heterocycles. The minimum Gasteiger partial charge on any atom is -0.481 e. The van der Waals surface area contributed by atoms with Crippen LogP contribution in [0.15, 0.2) is 0 Å². The van der Waals surface area contributed by atoms with Gasteiger partial charge in [0, 0.05) is 25.4 Å². The van der Waals surface area contributed by atoms with E-state index < -0.39 is 5.97 Å². The molecule has 0 aromatic heterocycles. The summed E-state index contributed by atoms with van der Waals surface area (Å²) in [5, 5.41) is 11.6. The van der Waals surface area contributed by atoms with E-state index >= 15 is 0 Å². The van der Waals surface area contributed by atoms with E-state index in [4.69, 9.17) is 5.11 Å². The maximum absolute atomic E-state index is 11.5. The van der Waals surface area contributed by atoms with Crippen LogP contribution >= 0.6 is 0 Å². The lowest BCUT2D eigenvalue weighted by atomic mass is 9.92. The van der Waals surface area contributed by atoms with Crippen molar-refractivity contribution in [1.82, 2.24) is 10.2 Å². The van der Waals surface area contributed by atoms with Crippen molar-refractivity contribution >= 4 is 11.9 Å². The molecule has 110 valence electrons. The van der Waals surface area contributed by atoms with Crippen molar-refractivity contribution in [3.63, 3.8) is 0 Å². The first-order valence-corrected chi connectivity index (χ1v) is 7.21. The van der Waals surface area contributed by atoms with E-state index in [9.17, 15) is 9.59 Å². The van der Waals surface area contributed by atoms with Gasteiger partial charge in [0.1, 0.15) is 0 Å². The molecule has 0 aliphatic carbocycles. The largest absolute Gasteiger partial charge is 0.481 e. The summed E-state index contributed by atoms with van der Waals surface area (Å²) in [6.45, 7) is 6.71. The summed E-state index contributed by atoms with van der Waals surface area (Å²) in [5.41, 5.74) is 0. The summed E-state index contributed by atoms with van der Waals surface area (Å²) in [6, 6.07) is 0.203. The third kappa shape index (κ3) is 7.15. The predicted octanol–water partition coefficient (Wildman–Crippen LogP) is 1.48. The molecule has 0 radical (unpaired) electrons. The van der Waals surface area contributed by atoms with Crippen LogP contribution in [0.2, 0.25) is 0 Å². The molecule has 1 aliphatic rings. The van der Waals surface area contributed by atoms with Gasteiger partial charge in [0.2, 0.25) is 5.91 Å². The first-order chi connectivity index (χ1) is 8.97. The van der Waals surface area contributed by atoms with E-state index in [1.165, 1.54) is 0 Å². The van der Waals surface area contributed by atoms with E-state index in [0.29, 0.717) is 12.3 Å². The van der Waals surface area contributed by atoms with Gasteiger partial charge in [0.05, 0.1) is 0 Å². The first-order valence-electron chi connectivity index (χ1n) is 7.21. The van der Waals surface area contributed by atoms with Gasteiger partial charge in [-0.15, -0.1) is 0 Å². The number of amides is 1. The summed E-state index contributed by atoms with van der Waals surface area (Å²) in [5.74, 6) is -0.0485. The number of likely N-dealkylation sites (tertiary alicyclic amines) is 1. The fourth-order valence-corrected chi connectivity index (χ4v) is 2.48. The van der Waals surface area contributed by atoms with Gasteiger partial charge in [0.15, 0.2) is 0 Å². The molecule has 5 heteroatoms. The average molecular weight is 270 g/mol. The minimum absolute atomic E-state index is 0.114. The number of rotatable bonds is 7. The second-order valence-corrected chi connectivity index (χ2v) is 5.69. The minimum atomic E-state index is -0.701. The molecule has 0 aromatic rings. The Morgan fingerprint density at radius 2 is 1.89 bits per heavy atom. The lowest BCUT2D eigenvalue weighted by Gasteiger charge is -2.31. The zero-order chi connectivity index (χ0) is 14.3. The van der Waals surface area contributed by atoms with Crippen molar-refractivity contribution in [1.29, 1.82) is 0 Å². The summed E-state index contributed by atoms with van der Waals surface area (Å²) < 4.78 is 0. The highest BCUT2D eigenvalue weighted by molar-refractivity contribution is 5.76. The van der Waals surface area contributed by atoms with Crippen molar-refractivity contribution in [3.8, 4) is 0 Å². The van der Waals surface area contributed by atoms with Crippen molar-refractivity contribution in [2.24, 2.45) is 5.92 Å². The Hall–Kier alpha value is -1.10. The Morgan fingerprint density at radius 3 is 2.42 bits per heavy atom. The fourth-order valence-electron chi connectivity index (χ4n) is 2.48. The van der Waals surface area contributed by atoms with Gasteiger partial charge in [-0.25, -0.2) is 0 Å². The maximum atomic E-state index is 11.5. The number of hydrogen-bond acceptors (Lipinski definition) is 3. The topological polar surface area (TPSA) is 69.6 Å². The third-order valence-electron chi connectivity index (χ3n) is 3.58. The molecule has 0 unspecified atom stereocenters. The first kappa shape index (κ1) is 16.0.